The highest BCUT2D eigenvalue weighted by Gasteiger charge is 2.27. The van der Waals surface area contributed by atoms with Crippen molar-refractivity contribution in [3.8, 4) is 0 Å². The molecule has 0 unspecified atom stereocenters. The number of hydrogen-bond donors (Lipinski definition) is 0. The van der Waals surface area contributed by atoms with Gasteiger partial charge >= 0.3 is 0 Å². The van der Waals surface area contributed by atoms with E-state index in [-0.39, 0.29) is 4.90 Å². The van der Waals surface area contributed by atoms with E-state index in [0.717, 1.165) is 17.7 Å². The zero-order valence-electron chi connectivity index (χ0n) is 13.7. The van der Waals surface area contributed by atoms with Gasteiger partial charge in [-0.3, -0.25) is 0 Å². The summed E-state index contributed by atoms with van der Waals surface area (Å²) in [6, 6.07) is 7.30. The normalized spacial score (nSPS) is 15.5. The number of sulfonamides is 1. The largest absolute Gasteiger partial charge is 0.248 e. The summed E-state index contributed by atoms with van der Waals surface area (Å²) < 4.78 is 28.3. The minimum Gasteiger partial charge on any atom is -0.248 e. The molecule has 1 fully saturated rings. The summed E-state index contributed by atoms with van der Waals surface area (Å²) in [5.74, 6) is 0. The van der Waals surface area contributed by atoms with E-state index in [2.05, 4.69) is 20.5 Å². The van der Waals surface area contributed by atoms with Gasteiger partial charge in [0.1, 0.15) is 9.92 Å². The van der Waals surface area contributed by atoms with Crippen LogP contribution >= 0.6 is 23.1 Å². The Morgan fingerprint density at radius 1 is 1.19 bits per heavy atom. The van der Waals surface area contributed by atoms with Gasteiger partial charge in [-0.1, -0.05) is 6.07 Å². The van der Waals surface area contributed by atoms with Crippen molar-refractivity contribution < 1.29 is 8.42 Å². The summed E-state index contributed by atoms with van der Waals surface area (Å²) in [7, 11) is -3.44. The fraction of sp³-hybridized carbons (Fsp3) is 0.333. The molecule has 0 radical (unpaired) electrons. The van der Waals surface area contributed by atoms with Gasteiger partial charge in [-0.05, 0) is 58.6 Å². The maximum atomic E-state index is 12.5. The predicted octanol–water partition coefficient (Wildman–Crippen LogP) is 2.11. The number of thiophene rings is 1. The highest BCUT2D eigenvalue weighted by Crippen LogP contribution is 2.26. The van der Waals surface area contributed by atoms with Gasteiger partial charge in [-0.25, -0.2) is 18.1 Å². The van der Waals surface area contributed by atoms with Crippen LogP contribution in [0.5, 0.6) is 0 Å². The van der Waals surface area contributed by atoms with Crippen molar-refractivity contribution in [2.75, 3.05) is 13.1 Å². The summed E-state index contributed by atoms with van der Waals surface area (Å²) in [6.45, 7) is 1.75. The summed E-state index contributed by atoms with van der Waals surface area (Å²) >= 11 is 2.95. The van der Waals surface area contributed by atoms with Crippen molar-refractivity contribution in [2.24, 2.45) is 0 Å². The van der Waals surface area contributed by atoms with Crippen LogP contribution in [-0.2, 0) is 16.6 Å². The fourth-order valence-electron chi connectivity index (χ4n) is 2.67. The quantitative estimate of drug-likeness (QED) is 0.616. The molecule has 0 spiro atoms. The van der Waals surface area contributed by atoms with Crippen LogP contribution in [0.25, 0.3) is 0 Å². The maximum Gasteiger partial charge on any atom is 0.244 e. The summed E-state index contributed by atoms with van der Waals surface area (Å²) in [5, 5.41) is 15.0. The first-order valence-electron chi connectivity index (χ1n) is 8.05. The van der Waals surface area contributed by atoms with Crippen LogP contribution in [0, 0.1) is 0 Å². The Labute approximate surface area is 159 Å². The predicted molar refractivity (Wildman–Crippen MR) is 97.6 cm³/mol. The molecule has 1 saturated heterocycles. The van der Waals surface area contributed by atoms with Crippen molar-refractivity contribution in [3.63, 3.8) is 0 Å². The highest BCUT2D eigenvalue weighted by molar-refractivity contribution is 7.99. The van der Waals surface area contributed by atoms with E-state index in [1.165, 1.54) is 22.3 Å². The summed E-state index contributed by atoms with van der Waals surface area (Å²) in [6.07, 6.45) is 3.23. The smallest absolute Gasteiger partial charge is 0.244 e. The van der Waals surface area contributed by atoms with E-state index >= 15 is 0 Å². The second-order valence-electron chi connectivity index (χ2n) is 5.74. The molecule has 26 heavy (non-hydrogen) atoms. The standard InChI is InChI=1S/C15H16N6O2S3/c22-26(23,20-7-1-2-8-20)13-5-6-14(16-10-13)25-15-17-18-19-21(15)11-12-4-3-9-24-12/h3-6,9-10H,1-2,7-8,11H2. The second-order valence-corrected chi connectivity index (χ2v) is 9.70. The van der Waals surface area contributed by atoms with Crippen LogP contribution in [0.3, 0.4) is 0 Å². The first kappa shape index (κ1) is 17.6. The molecule has 0 saturated carbocycles. The molecule has 0 aromatic carbocycles. The Bertz CT molecular complexity index is 963. The zero-order valence-corrected chi connectivity index (χ0v) is 16.2. The van der Waals surface area contributed by atoms with E-state index in [4.69, 9.17) is 0 Å². The lowest BCUT2D eigenvalue weighted by Crippen LogP contribution is -2.27. The molecule has 4 heterocycles. The third-order valence-electron chi connectivity index (χ3n) is 3.99. The van der Waals surface area contributed by atoms with Crippen molar-refractivity contribution in [2.45, 2.75) is 34.5 Å². The number of tetrazole rings is 1. The zero-order chi connectivity index (χ0) is 18.0. The lowest BCUT2D eigenvalue weighted by Gasteiger charge is -2.15. The number of hydrogen-bond acceptors (Lipinski definition) is 8. The van der Waals surface area contributed by atoms with E-state index in [1.807, 2.05) is 17.5 Å². The lowest BCUT2D eigenvalue weighted by molar-refractivity contribution is 0.477. The van der Waals surface area contributed by atoms with Crippen molar-refractivity contribution >= 4 is 33.1 Å². The molecule has 0 aliphatic carbocycles. The average Bonchev–Trinajstić information content (AvgIpc) is 3.39. The molecule has 0 atom stereocenters. The minimum absolute atomic E-state index is 0.224. The minimum atomic E-state index is -3.44. The Hall–Kier alpha value is -1.82. The van der Waals surface area contributed by atoms with Crippen LogP contribution in [0.4, 0.5) is 0 Å². The molecule has 0 bridgehead atoms. The third kappa shape index (κ3) is 3.65. The Kier molecular flexibility index (Phi) is 5.02. The van der Waals surface area contributed by atoms with Gasteiger partial charge in [-0.2, -0.15) is 4.31 Å². The fourth-order valence-corrected chi connectivity index (χ4v) is 5.53. The van der Waals surface area contributed by atoms with E-state index in [0.29, 0.717) is 29.8 Å². The molecule has 4 rings (SSSR count). The summed E-state index contributed by atoms with van der Waals surface area (Å²) in [4.78, 5) is 5.66. The molecule has 1 aliphatic heterocycles. The van der Waals surface area contributed by atoms with Crippen LogP contribution in [0.1, 0.15) is 17.7 Å². The van der Waals surface area contributed by atoms with Gasteiger partial charge in [0.2, 0.25) is 15.2 Å². The van der Waals surface area contributed by atoms with E-state index in [9.17, 15) is 8.42 Å². The SMILES string of the molecule is O=S(=O)(c1ccc(Sc2nnnn2Cc2cccs2)nc1)N1CCCC1. The monoisotopic (exact) mass is 408 g/mol. The van der Waals surface area contributed by atoms with Gasteiger partial charge in [0, 0.05) is 24.2 Å². The van der Waals surface area contributed by atoms with Gasteiger partial charge < -0.3 is 0 Å². The number of nitrogens with zero attached hydrogens (tertiary/aromatic N) is 6. The van der Waals surface area contributed by atoms with Crippen molar-refractivity contribution in [3.05, 3.63) is 40.7 Å². The Morgan fingerprint density at radius 3 is 2.73 bits per heavy atom. The number of pyridine rings is 1. The van der Waals surface area contributed by atoms with Crippen LogP contribution in [0.15, 0.2) is 50.9 Å². The van der Waals surface area contributed by atoms with E-state index < -0.39 is 10.0 Å². The van der Waals surface area contributed by atoms with Crippen LogP contribution < -0.4 is 0 Å². The molecule has 8 nitrogen and oxygen atoms in total. The topological polar surface area (TPSA) is 93.9 Å². The van der Waals surface area contributed by atoms with Gasteiger partial charge in [0.05, 0.1) is 6.54 Å². The molecule has 11 heteroatoms. The molecule has 0 amide bonds. The molecular weight excluding hydrogens is 392 g/mol. The maximum absolute atomic E-state index is 12.5. The van der Waals surface area contributed by atoms with Crippen LogP contribution in [-0.4, -0.2) is 51.0 Å². The Morgan fingerprint density at radius 2 is 2.04 bits per heavy atom. The van der Waals surface area contributed by atoms with Crippen molar-refractivity contribution in [1.82, 2.24) is 29.5 Å². The molecule has 3 aromatic heterocycles. The Balaban J connectivity index is 1.49. The molecule has 1 aliphatic rings. The second kappa shape index (κ2) is 7.43. The van der Waals surface area contributed by atoms with Gasteiger partial charge in [0.25, 0.3) is 0 Å². The van der Waals surface area contributed by atoms with Crippen molar-refractivity contribution in [1.29, 1.82) is 0 Å². The molecule has 136 valence electrons. The first-order valence-corrected chi connectivity index (χ1v) is 11.2. The van der Waals surface area contributed by atoms with Gasteiger partial charge in [0.15, 0.2) is 0 Å². The third-order valence-corrected chi connectivity index (χ3v) is 7.66. The molecule has 3 aromatic rings. The van der Waals surface area contributed by atoms with Gasteiger partial charge in [-0.15, -0.1) is 16.4 Å². The first-order chi connectivity index (χ1) is 12.6. The summed E-state index contributed by atoms with van der Waals surface area (Å²) in [5.41, 5.74) is 0. The van der Waals surface area contributed by atoms with E-state index in [1.54, 1.807) is 28.2 Å². The lowest BCUT2D eigenvalue weighted by atomic mass is 10.4. The number of rotatable bonds is 6. The average molecular weight is 409 g/mol. The van der Waals surface area contributed by atoms with Crippen LogP contribution in [0.2, 0.25) is 0 Å². The highest BCUT2D eigenvalue weighted by atomic mass is 32.2. The molecule has 0 N–H and O–H groups in total. The number of aromatic nitrogens is 5. The molecular formula is C15H16N6O2S3.